The molecule has 0 aliphatic carbocycles. The molecule has 0 bridgehead atoms. The number of hydrogen-bond acceptors (Lipinski definition) is 3. The number of nitrogens with zero attached hydrogens (tertiary/aromatic N) is 1. The van der Waals surface area contributed by atoms with Crippen LogP contribution in [-0.4, -0.2) is 17.4 Å². The van der Waals surface area contributed by atoms with Crippen LogP contribution >= 0.6 is 0 Å². The van der Waals surface area contributed by atoms with Crippen LogP contribution in [0.15, 0.2) is 60.8 Å². The summed E-state index contributed by atoms with van der Waals surface area (Å²) in [4.78, 5) is 16.6. The predicted octanol–water partition coefficient (Wildman–Crippen LogP) is 4.24. The molecule has 0 unspecified atom stereocenters. The fraction of sp³-hybridized carbons (Fsp3) is 0.200. The summed E-state index contributed by atoms with van der Waals surface area (Å²) in [5, 5.41) is 7.32. The molecule has 1 aromatic heterocycles. The van der Waals surface area contributed by atoms with Crippen LogP contribution in [0.5, 0.6) is 0 Å². The molecule has 0 atom stereocenters. The van der Waals surface area contributed by atoms with Crippen molar-refractivity contribution in [1.29, 1.82) is 0 Å². The van der Waals surface area contributed by atoms with Crippen LogP contribution in [-0.2, 0) is 11.2 Å². The highest BCUT2D eigenvalue weighted by Gasteiger charge is 2.07. The Hall–Kier alpha value is -2.88. The minimum Gasteiger partial charge on any atom is -0.384 e. The van der Waals surface area contributed by atoms with Crippen molar-refractivity contribution in [3.8, 4) is 0 Å². The number of fused-ring (bicyclic) bond motifs is 1. The van der Waals surface area contributed by atoms with E-state index in [1.54, 1.807) is 6.20 Å². The number of rotatable bonds is 6. The lowest BCUT2D eigenvalue weighted by molar-refractivity contribution is -0.115. The van der Waals surface area contributed by atoms with E-state index in [1.807, 2.05) is 48.5 Å². The quantitative estimate of drug-likeness (QED) is 0.714. The topological polar surface area (TPSA) is 54.0 Å². The van der Waals surface area contributed by atoms with E-state index in [1.165, 1.54) is 5.56 Å². The zero-order valence-corrected chi connectivity index (χ0v) is 13.8. The Labute approximate surface area is 141 Å². The number of aromatic nitrogens is 1. The van der Waals surface area contributed by atoms with Gasteiger partial charge in [0.25, 0.3) is 0 Å². The molecule has 2 N–H and O–H groups in total. The maximum Gasteiger partial charge on any atom is 0.226 e. The second kappa shape index (κ2) is 7.59. The minimum absolute atomic E-state index is 0.0189. The van der Waals surface area contributed by atoms with Crippen molar-refractivity contribution in [2.75, 3.05) is 17.2 Å². The molecule has 122 valence electrons. The normalized spacial score (nSPS) is 10.5. The molecule has 4 heteroatoms. The number of aryl methyl sites for hydroxylation is 1. The second-order valence-electron chi connectivity index (χ2n) is 5.62. The van der Waals surface area contributed by atoms with Crippen molar-refractivity contribution in [3.63, 3.8) is 0 Å². The third-order valence-electron chi connectivity index (χ3n) is 3.97. The maximum atomic E-state index is 12.2. The Kier molecular flexibility index (Phi) is 5.06. The Morgan fingerprint density at radius 3 is 2.67 bits per heavy atom. The smallest absolute Gasteiger partial charge is 0.226 e. The molecule has 24 heavy (non-hydrogen) atoms. The molecule has 1 heterocycles. The van der Waals surface area contributed by atoms with Crippen LogP contribution in [0.3, 0.4) is 0 Å². The minimum atomic E-state index is -0.0189. The fourth-order valence-corrected chi connectivity index (χ4v) is 2.73. The Morgan fingerprint density at radius 2 is 1.79 bits per heavy atom. The molecule has 4 nitrogen and oxygen atoms in total. The number of hydrogen-bond donors (Lipinski definition) is 2. The highest BCUT2D eigenvalue weighted by atomic mass is 16.1. The van der Waals surface area contributed by atoms with Gasteiger partial charge in [0, 0.05) is 30.2 Å². The van der Waals surface area contributed by atoms with Gasteiger partial charge >= 0.3 is 0 Å². The lowest BCUT2D eigenvalue weighted by Gasteiger charge is -2.11. The van der Waals surface area contributed by atoms with Crippen LogP contribution < -0.4 is 10.6 Å². The van der Waals surface area contributed by atoms with Gasteiger partial charge < -0.3 is 10.6 Å². The standard InChI is InChI=1S/C20H21N3O/c1-2-15-7-3-4-10-17(15)21-14-12-19(24)23-18-11-5-8-16-9-6-13-22-20(16)18/h3-11,13,21H,2,12,14H2,1H3,(H,23,24). The van der Waals surface area contributed by atoms with Crippen molar-refractivity contribution < 1.29 is 4.79 Å². The first kappa shape index (κ1) is 16.0. The summed E-state index contributed by atoms with van der Waals surface area (Å²) in [7, 11) is 0. The molecule has 2 aromatic carbocycles. The Bertz CT molecular complexity index is 840. The van der Waals surface area contributed by atoms with Crippen LogP contribution in [0, 0.1) is 0 Å². The molecular weight excluding hydrogens is 298 g/mol. The average molecular weight is 319 g/mol. The predicted molar refractivity (Wildman–Crippen MR) is 99.3 cm³/mol. The molecule has 3 aromatic rings. The van der Waals surface area contributed by atoms with E-state index in [-0.39, 0.29) is 5.91 Å². The molecule has 0 fully saturated rings. The fourth-order valence-electron chi connectivity index (χ4n) is 2.73. The second-order valence-corrected chi connectivity index (χ2v) is 5.62. The van der Waals surface area contributed by atoms with Gasteiger partial charge in [-0.05, 0) is 30.2 Å². The summed E-state index contributed by atoms with van der Waals surface area (Å²) in [6.07, 6.45) is 3.11. The first-order valence-electron chi connectivity index (χ1n) is 8.23. The number of pyridine rings is 1. The third kappa shape index (κ3) is 3.71. The SMILES string of the molecule is CCc1ccccc1NCCC(=O)Nc1cccc2cccnc12. The summed E-state index contributed by atoms with van der Waals surface area (Å²) in [6.45, 7) is 2.72. The lowest BCUT2D eigenvalue weighted by atomic mass is 10.1. The van der Waals surface area contributed by atoms with Gasteiger partial charge in [0.2, 0.25) is 5.91 Å². The molecule has 0 aliphatic heterocycles. The highest BCUT2D eigenvalue weighted by Crippen LogP contribution is 2.21. The van der Waals surface area contributed by atoms with Crippen LogP contribution in [0.1, 0.15) is 18.9 Å². The summed E-state index contributed by atoms with van der Waals surface area (Å²) in [5.74, 6) is -0.0189. The number of amides is 1. The van der Waals surface area contributed by atoms with Crippen LogP contribution in [0.25, 0.3) is 10.9 Å². The van der Waals surface area contributed by atoms with Crippen LogP contribution in [0.2, 0.25) is 0 Å². The largest absolute Gasteiger partial charge is 0.384 e. The van der Waals surface area contributed by atoms with Crippen molar-refractivity contribution >= 4 is 28.2 Å². The summed E-state index contributed by atoms with van der Waals surface area (Å²) < 4.78 is 0. The molecular formula is C20H21N3O. The van der Waals surface area contributed by atoms with Gasteiger partial charge in [-0.15, -0.1) is 0 Å². The Morgan fingerprint density at radius 1 is 1.00 bits per heavy atom. The number of carbonyl (C=O) groups is 1. The van der Waals surface area contributed by atoms with Crippen LogP contribution in [0.4, 0.5) is 11.4 Å². The number of para-hydroxylation sites is 2. The van der Waals surface area contributed by atoms with E-state index < -0.39 is 0 Å². The lowest BCUT2D eigenvalue weighted by Crippen LogP contribution is -2.17. The number of anilines is 2. The molecule has 0 saturated carbocycles. The van der Waals surface area contributed by atoms with Gasteiger partial charge in [-0.2, -0.15) is 0 Å². The number of nitrogens with one attached hydrogen (secondary N) is 2. The monoisotopic (exact) mass is 319 g/mol. The third-order valence-corrected chi connectivity index (χ3v) is 3.97. The zero-order valence-electron chi connectivity index (χ0n) is 13.8. The van der Waals surface area contributed by atoms with E-state index in [4.69, 9.17) is 0 Å². The molecule has 0 spiro atoms. The van der Waals surface area contributed by atoms with E-state index in [0.29, 0.717) is 13.0 Å². The summed E-state index contributed by atoms with van der Waals surface area (Å²) >= 11 is 0. The van der Waals surface area contributed by atoms with E-state index in [9.17, 15) is 4.79 Å². The van der Waals surface area contributed by atoms with E-state index in [0.717, 1.165) is 28.7 Å². The van der Waals surface area contributed by atoms with Gasteiger partial charge in [-0.3, -0.25) is 9.78 Å². The van der Waals surface area contributed by atoms with Crippen molar-refractivity contribution in [2.45, 2.75) is 19.8 Å². The van der Waals surface area contributed by atoms with Gasteiger partial charge in [-0.1, -0.05) is 43.3 Å². The van der Waals surface area contributed by atoms with Crippen molar-refractivity contribution in [1.82, 2.24) is 4.98 Å². The Balaban J connectivity index is 1.59. The summed E-state index contributed by atoms with van der Waals surface area (Å²) in [6, 6.07) is 17.9. The van der Waals surface area contributed by atoms with Gasteiger partial charge in [0.15, 0.2) is 0 Å². The molecule has 1 amide bonds. The van der Waals surface area contributed by atoms with Gasteiger partial charge in [0.1, 0.15) is 0 Å². The zero-order chi connectivity index (χ0) is 16.8. The molecule has 0 aliphatic rings. The first-order valence-corrected chi connectivity index (χ1v) is 8.23. The van der Waals surface area contributed by atoms with Gasteiger partial charge in [0.05, 0.1) is 11.2 Å². The first-order chi connectivity index (χ1) is 11.8. The molecule has 0 saturated heterocycles. The van der Waals surface area contributed by atoms with Gasteiger partial charge in [-0.25, -0.2) is 0 Å². The maximum absolute atomic E-state index is 12.2. The summed E-state index contributed by atoms with van der Waals surface area (Å²) in [5.41, 5.74) is 3.93. The van der Waals surface area contributed by atoms with E-state index in [2.05, 4.69) is 28.6 Å². The number of carbonyl (C=O) groups excluding carboxylic acids is 1. The van der Waals surface area contributed by atoms with Crippen molar-refractivity contribution in [3.05, 3.63) is 66.4 Å². The molecule has 3 rings (SSSR count). The number of benzene rings is 2. The highest BCUT2D eigenvalue weighted by molar-refractivity contribution is 6.00. The van der Waals surface area contributed by atoms with E-state index >= 15 is 0 Å². The average Bonchev–Trinajstić information content (AvgIpc) is 2.62. The van der Waals surface area contributed by atoms with Crippen molar-refractivity contribution in [2.24, 2.45) is 0 Å². The molecule has 0 radical (unpaired) electrons.